The molecule has 0 fully saturated rings. The van der Waals surface area contributed by atoms with Crippen molar-refractivity contribution in [1.82, 2.24) is 4.98 Å². The number of pyridine rings is 1. The Morgan fingerprint density at radius 3 is 2.85 bits per heavy atom. The Bertz CT molecular complexity index is 707. The normalized spacial score (nSPS) is 12.4. The van der Waals surface area contributed by atoms with Crippen LogP contribution in [0.25, 0.3) is 10.9 Å². The lowest BCUT2D eigenvalue weighted by Crippen LogP contribution is -2.10. The first kappa shape index (κ1) is 12.9. The number of nitrogens with one attached hydrogen (secondary N) is 1. The Kier molecular flexibility index (Phi) is 3.56. The lowest BCUT2D eigenvalue weighted by molar-refractivity contribution is 0.765. The van der Waals surface area contributed by atoms with Gasteiger partial charge in [-0.25, -0.2) is 0 Å². The van der Waals surface area contributed by atoms with Gasteiger partial charge in [0.2, 0.25) is 0 Å². The van der Waals surface area contributed by atoms with E-state index in [0.29, 0.717) is 5.69 Å². The predicted molar refractivity (Wildman–Crippen MR) is 87.1 cm³/mol. The van der Waals surface area contributed by atoms with Crippen molar-refractivity contribution in [2.75, 3.05) is 11.1 Å². The van der Waals surface area contributed by atoms with E-state index < -0.39 is 0 Å². The van der Waals surface area contributed by atoms with Crippen LogP contribution in [0.15, 0.2) is 48.0 Å². The highest BCUT2D eigenvalue weighted by atomic mass is 32.1. The topological polar surface area (TPSA) is 50.9 Å². The molecule has 0 saturated heterocycles. The fourth-order valence-electron chi connectivity index (χ4n) is 2.36. The number of nitrogen functional groups attached to an aromatic ring is 1. The van der Waals surface area contributed by atoms with Gasteiger partial charge in [0.05, 0.1) is 29.1 Å². The molecule has 3 aromatic rings. The number of hydrogen-bond acceptors (Lipinski definition) is 4. The SMILES string of the molecule is CCC(Nc1c(N)cnc2ccccc12)c1cccs1. The minimum atomic E-state index is 0.281. The first-order valence-electron chi connectivity index (χ1n) is 6.72. The van der Waals surface area contributed by atoms with Gasteiger partial charge in [0, 0.05) is 10.3 Å². The molecule has 1 aromatic carbocycles. The van der Waals surface area contributed by atoms with Gasteiger partial charge in [-0.05, 0) is 23.9 Å². The summed E-state index contributed by atoms with van der Waals surface area (Å²) in [6.07, 6.45) is 2.74. The molecule has 0 amide bonds. The van der Waals surface area contributed by atoms with Gasteiger partial charge < -0.3 is 11.1 Å². The van der Waals surface area contributed by atoms with E-state index in [1.165, 1.54) is 4.88 Å². The number of aromatic nitrogens is 1. The lowest BCUT2D eigenvalue weighted by Gasteiger charge is -2.19. The molecule has 0 bridgehead atoms. The third-order valence-electron chi connectivity index (χ3n) is 3.42. The number of para-hydroxylation sites is 1. The van der Waals surface area contributed by atoms with Crippen LogP contribution < -0.4 is 11.1 Å². The summed E-state index contributed by atoms with van der Waals surface area (Å²) in [7, 11) is 0. The first-order valence-corrected chi connectivity index (χ1v) is 7.60. The largest absolute Gasteiger partial charge is 0.396 e. The van der Waals surface area contributed by atoms with Crippen LogP contribution in [0, 0.1) is 0 Å². The van der Waals surface area contributed by atoms with Crippen LogP contribution in [0.4, 0.5) is 11.4 Å². The van der Waals surface area contributed by atoms with Crippen molar-refractivity contribution in [2.45, 2.75) is 19.4 Å². The molecule has 0 spiro atoms. The summed E-state index contributed by atoms with van der Waals surface area (Å²) in [5.74, 6) is 0. The number of anilines is 2. The summed E-state index contributed by atoms with van der Waals surface area (Å²) in [4.78, 5) is 5.70. The quantitative estimate of drug-likeness (QED) is 0.744. The Balaban J connectivity index is 2.03. The molecule has 0 aliphatic rings. The van der Waals surface area contributed by atoms with Crippen molar-refractivity contribution in [3.63, 3.8) is 0 Å². The highest BCUT2D eigenvalue weighted by Crippen LogP contribution is 2.33. The standard InChI is InChI=1S/C16H17N3S/c1-2-13(15-8-5-9-20-15)19-16-11-6-3-4-7-14(11)18-10-12(16)17/h3-10,13H,2,17H2,1H3,(H,18,19). The van der Waals surface area contributed by atoms with Crippen LogP contribution in [0.3, 0.4) is 0 Å². The highest BCUT2D eigenvalue weighted by Gasteiger charge is 2.14. The maximum atomic E-state index is 6.12. The fraction of sp³-hybridized carbons (Fsp3) is 0.188. The van der Waals surface area contributed by atoms with Crippen LogP contribution in [0.5, 0.6) is 0 Å². The van der Waals surface area contributed by atoms with Gasteiger partial charge in [-0.2, -0.15) is 0 Å². The van der Waals surface area contributed by atoms with E-state index >= 15 is 0 Å². The van der Waals surface area contributed by atoms with Crippen LogP contribution in [0.1, 0.15) is 24.3 Å². The molecular formula is C16H17N3S. The summed E-state index contributed by atoms with van der Waals surface area (Å²) >= 11 is 1.77. The third-order valence-corrected chi connectivity index (χ3v) is 4.40. The lowest BCUT2D eigenvalue weighted by atomic mass is 10.1. The Hall–Kier alpha value is -2.07. The molecule has 2 heterocycles. The van der Waals surface area contributed by atoms with Gasteiger partial charge in [0.1, 0.15) is 0 Å². The van der Waals surface area contributed by atoms with Crippen molar-refractivity contribution in [3.8, 4) is 0 Å². The van der Waals surface area contributed by atoms with E-state index in [9.17, 15) is 0 Å². The maximum absolute atomic E-state index is 6.12. The van der Waals surface area contributed by atoms with E-state index in [1.807, 2.05) is 18.2 Å². The molecule has 20 heavy (non-hydrogen) atoms. The second-order valence-electron chi connectivity index (χ2n) is 4.73. The van der Waals surface area contributed by atoms with Gasteiger partial charge >= 0.3 is 0 Å². The number of nitrogens with two attached hydrogens (primary N) is 1. The first-order chi connectivity index (χ1) is 9.79. The molecule has 102 valence electrons. The van der Waals surface area contributed by atoms with Crippen molar-refractivity contribution >= 4 is 33.6 Å². The zero-order valence-electron chi connectivity index (χ0n) is 11.3. The van der Waals surface area contributed by atoms with Crippen molar-refractivity contribution in [2.24, 2.45) is 0 Å². The molecule has 1 atom stereocenters. The van der Waals surface area contributed by atoms with Gasteiger partial charge in [-0.3, -0.25) is 4.98 Å². The molecule has 0 saturated carbocycles. The van der Waals surface area contributed by atoms with E-state index in [2.05, 4.69) is 40.8 Å². The molecule has 0 radical (unpaired) electrons. The Labute approximate surface area is 122 Å². The van der Waals surface area contributed by atoms with E-state index in [0.717, 1.165) is 23.0 Å². The average Bonchev–Trinajstić information content (AvgIpc) is 3.00. The summed E-state index contributed by atoms with van der Waals surface area (Å²) in [5.41, 5.74) is 8.76. The maximum Gasteiger partial charge on any atom is 0.0743 e. The Morgan fingerprint density at radius 1 is 1.25 bits per heavy atom. The molecule has 3 nitrogen and oxygen atoms in total. The van der Waals surface area contributed by atoms with Crippen molar-refractivity contribution in [3.05, 3.63) is 52.9 Å². The highest BCUT2D eigenvalue weighted by molar-refractivity contribution is 7.10. The molecule has 3 rings (SSSR count). The minimum absolute atomic E-state index is 0.281. The van der Waals surface area contributed by atoms with Gasteiger partial charge in [-0.15, -0.1) is 11.3 Å². The number of nitrogens with zero attached hydrogens (tertiary/aromatic N) is 1. The van der Waals surface area contributed by atoms with E-state index in [1.54, 1.807) is 17.5 Å². The Morgan fingerprint density at radius 2 is 2.10 bits per heavy atom. The smallest absolute Gasteiger partial charge is 0.0743 e. The van der Waals surface area contributed by atoms with Crippen LogP contribution in [-0.4, -0.2) is 4.98 Å². The zero-order chi connectivity index (χ0) is 13.9. The molecule has 0 aliphatic heterocycles. The predicted octanol–water partition coefficient (Wildman–Crippen LogP) is 4.44. The summed E-state index contributed by atoms with van der Waals surface area (Å²) in [6, 6.07) is 12.6. The molecule has 4 heteroatoms. The number of fused-ring (bicyclic) bond motifs is 1. The van der Waals surface area contributed by atoms with Crippen molar-refractivity contribution < 1.29 is 0 Å². The van der Waals surface area contributed by atoms with Crippen LogP contribution >= 0.6 is 11.3 Å². The van der Waals surface area contributed by atoms with Crippen LogP contribution in [-0.2, 0) is 0 Å². The number of thiophene rings is 1. The molecule has 1 unspecified atom stereocenters. The van der Waals surface area contributed by atoms with Crippen LogP contribution in [0.2, 0.25) is 0 Å². The molecule has 2 aromatic heterocycles. The van der Waals surface area contributed by atoms with Gasteiger partial charge in [0.15, 0.2) is 0 Å². The number of hydrogen-bond donors (Lipinski definition) is 2. The summed E-state index contributed by atoms with van der Waals surface area (Å²) in [6.45, 7) is 2.18. The average molecular weight is 283 g/mol. The van der Waals surface area contributed by atoms with E-state index in [-0.39, 0.29) is 6.04 Å². The number of rotatable bonds is 4. The summed E-state index contributed by atoms with van der Waals surface area (Å²) < 4.78 is 0. The molecule has 0 aliphatic carbocycles. The second-order valence-corrected chi connectivity index (χ2v) is 5.71. The fourth-order valence-corrected chi connectivity index (χ4v) is 3.22. The second kappa shape index (κ2) is 5.51. The minimum Gasteiger partial charge on any atom is -0.396 e. The van der Waals surface area contributed by atoms with E-state index in [4.69, 9.17) is 5.73 Å². The molecule has 3 N–H and O–H groups in total. The van der Waals surface area contributed by atoms with Crippen molar-refractivity contribution in [1.29, 1.82) is 0 Å². The van der Waals surface area contributed by atoms with Gasteiger partial charge in [0.25, 0.3) is 0 Å². The third kappa shape index (κ3) is 2.34. The number of benzene rings is 1. The zero-order valence-corrected chi connectivity index (χ0v) is 12.2. The van der Waals surface area contributed by atoms with Gasteiger partial charge in [-0.1, -0.05) is 31.2 Å². The molecular weight excluding hydrogens is 266 g/mol. The monoisotopic (exact) mass is 283 g/mol. The summed E-state index contributed by atoms with van der Waals surface area (Å²) in [5, 5.41) is 6.76.